The lowest BCUT2D eigenvalue weighted by Gasteiger charge is -2.17. The van der Waals surface area contributed by atoms with Crippen molar-refractivity contribution in [1.29, 1.82) is 0 Å². The van der Waals surface area contributed by atoms with Gasteiger partial charge in [0.2, 0.25) is 0 Å². The molecule has 9 rings (SSSR count). The van der Waals surface area contributed by atoms with Crippen LogP contribution < -0.4 is 0 Å². The van der Waals surface area contributed by atoms with Crippen LogP contribution in [0.25, 0.3) is 87.6 Å². The molecule has 46 heavy (non-hydrogen) atoms. The molecule has 0 aliphatic carbocycles. The summed E-state index contributed by atoms with van der Waals surface area (Å²) in [5.74, 6) is 0. The van der Waals surface area contributed by atoms with Crippen molar-refractivity contribution >= 4 is 43.1 Å². The third-order valence-corrected chi connectivity index (χ3v) is 9.40. The first-order chi connectivity index (χ1) is 22.8. The molecule has 0 unspecified atom stereocenters. The van der Waals surface area contributed by atoms with Gasteiger partial charge in [0, 0.05) is 0 Å². The van der Waals surface area contributed by atoms with E-state index >= 15 is 0 Å². The van der Waals surface area contributed by atoms with Gasteiger partial charge >= 0.3 is 0 Å². The summed E-state index contributed by atoms with van der Waals surface area (Å²) in [5.41, 5.74) is 9.89. The zero-order valence-corrected chi connectivity index (χ0v) is 25.3. The van der Waals surface area contributed by atoms with Crippen LogP contribution in [-0.4, -0.2) is 0 Å². The largest absolute Gasteiger partial charge is 0.0622 e. The van der Waals surface area contributed by atoms with E-state index in [-0.39, 0.29) is 0 Å². The van der Waals surface area contributed by atoms with E-state index in [2.05, 4.69) is 182 Å². The lowest BCUT2D eigenvalue weighted by Crippen LogP contribution is -1.90. The molecular weight excluding hydrogens is 553 g/mol. The minimum Gasteiger partial charge on any atom is -0.0622 e. The summed E-state index contributed by atoms with van der Waals surface area (Å²) in [4.78, 5) is 0. The number of fused-ring (bicyclic) bond motifs is 5. The fourth-order valence-corrected chi connectivity index (χ4v) is 7.07. The van der Waals surface area contributed by atoms with Gasteiger partial charge in [-0.25, -0.2) is 0 Å². The van der Waals surface area contributed by atoms with E-state index < -0.39 is 0 Å². The first-order valence-corrected chi connectivity index (χ1v) is 15.9. The molecule has 0 aliphatic heterocycles. The third-order valence-electron chi connectivity index (χ3n) is 9.40. The molecule has 0 fully saturated rings. The Labute approximate surface area is 268 Å². The lowest BCUT2D eigenvalue weighted by atomic mass is 9.87. The summed E-state index contributed by atoms with van der Waals surface area (Å²) in [5, 5.41) is 10.1. The maximum atomic E-state index is 2.42. The summed E-state index contributed by atoms with van der Waals surface area (Å²) in [6, 6.07) is 66.7. The van der Waals surface area contributed by atoms with Gasteiger partial charge in [0.05, 0.1) is 0 Å². The van der Waals surface area contributed by atoms with Crippen molar-refractivity contribution < 1.29 is 0 Å². The fourth-order valence-electron chi connectivity index (χ4n) is 7.07. The van der Waals surface area contributed by atoms with E-state index in [9.17, 15) is 0 Å². The summed E-state index contributed by atoms with van der Waals surface area (Å²) in [6.07, 6.45) is 0. The van der Waals surface area contributed by atoms with E-state index in [1.54, 1.807) is 0 Å². The highest BCUT2D eigenvalue weighted by molar-refractivity contribution is 6.16. The van der Waals surface area contributed by atoms with Gasteiger partial charge in [-0.3, -0.25) is 0 Å². The molecule has 0 radical (unpaired) electrons. The predicted octanol–water partition coefficient (Wildman–Crippen LogP) is 13.0. The Morgan fingerprint density at radius 3 is 1.39 bits per heavy atom. The summed E-state index contributed by atoms with van der Waals surface area (Å²) >= 11 is 0. The normalized spacial score (nSPS) is 11.5. The molecule has 0 aliphatic rings. The number of hydrogen-bond donors (Lipinski definition) is 0. The van der Waals surface area contributed by atoms with Gasteiger partial charge in [-0.2, -0.15) is 0 Å². The van der Waals surface area contributed by atoms with E-state index in [1.807, 2.05) is 0 Å². The maximum absolute atomic E-state index is 2.42. The molecule has 0 spiro atoms. The van der Waals surface area contributed by atoms with Crippen molar-refractivity contribution in [2.45, 2.75) is 0 Å². The van der Waals surface area contributed by atoms with Gasteiger partial charge in [-0.1, -0.05) is 146 Å². The van der Waals surface area contributed by atoms with Crippen LogP contribution in [-0.2, 0) is 0 Å². The first-order valence-electron chi connectivity index (χ1n) is 15.9. The standard InChI is InChI=1S/C46H30/c1-3-11-31(12-4-1)37-21-23-41-40(26-37)30-45(38-20-19-32-13-7-8-16-34(32)25-38)46-29-39(22-24-42(41)46)44-28-36-18-10-9-17-35(36)27-43(44)33-14-5-2-6-15-33/h1-30H. The second kappa shape index (κ2) is 10.9. The lowest BCUT2D eigenvalue weighted by molar-refractivity contribution is 1.61. The summed E-state index contributed by atoms with van der Waals surface area (Å²) < 4.78 is 0. The van der Waals surface area contributed by atoms with E-state index in [1.165, 1.54) is 87.6 Å². The van der Waals surface area contributed by atoms with Crippen LogP contribution in [0.5, 0.6) is 0 Å². The zero-order valence-electron chi connectivity index (χ0n) is 25.3. The Kier molecular flexibility index (Phi) is 6.25. The van der Waals surface area contributed by atoms with Crippen molar-refractivity contribution in [1.82, 2.24) is 0 Å². The minimum atomic E-state index is 1.22. The number of benzene rings is 9. The van der Waals surface area contributed by atoms with Crippen molar-refractivity contribution in [3.8, 4) is 44.5 Å². The third kappa shape index (κ3) is 4.55. The van der Waals surface area contributed by atoms with E-state index in [4.69, 9.17) is 0 Å². The van der Waals surface area contributed by atoms with Gasteiger partial charge in [0.25, 0.3) is 0 Å². The van der Waals surface area contributed by atoms with Gasteiger partial charge in [0.15, 0.2) is 0 Å². The molecule has 0 saturated heterocycles. The molecule has 0 amide bonds. The van der Waals surface area contributed by atoms with E-state index in [0.717, 1.165) is 0 Å². The monoisotopic (exact) mass is 582 g/mol. The molecule has 9 aromatic rings. The van der Waals surface area contributed by atoms with Gasteiger partial charge in [-0.05, 0) is 124 Å². The molecule has 9 aromatic carbocycles. The molecule has 214 valence electrons. The van der Waals surface area contributed by atoms with Crippen LogP contribution in [0, 0.1) is 0 Å². The van der Waals surface area contributed by atoms with Crippen LogP contribution in [0.1, 0.15) is 0 Å². The van der Waals surface area contributed by atoms with Gasteiger partial charge < -0.3 is 0 Å². The van der Waals surface area contributed by atoms with Crippen LogP contribution in [0.2, 0.25) is 0 Å². The zero-order chi connectivity index (χ0) is 30.5. The Bertz CT molecular complexity index is 2560. The molecule has 0 heterocycles. The first kappa shape index (κ1) is 26.4. The smallest absolute Gasteiger partial charge is 0.00928 e. The molecule has 0 atom stereocenters. The average Bonchev–Trinajstić information content (AvgIpc) is 3.14. The minimum absolute atomic E-state index is 1.22. The Morgan fingerprint density at radius 1 is 0.196 bits per heavy atom. The number of rotatable bonds is 4. The van der Waals surface area contributed by atoms with Gasteiger partial charge in [0.1, 0.15) is 0 Å². The second-order valence-corrected chi connectivity index (χ2v) is 12.2. The van der Waals surface area contributed by atoms with Crippen LogP contribution >= 0.6 is 0 Å². The molecule has 0 N–H and O–H groups in total. The highest BCUT2D eigenvalue weighted by Crippen LogP contribution is 2.42. The quantitative estimate of drug-likeness (QED) is 0.181. The number of hydrogen-bond acceptors (Lipinski definition) is 0. The molecular formula is C46H30. The van der Waals surface area contributed by atoms with Crippen molar-refractivity contribution in [3.05, 3.63) is 182 Å². The van der Waals surface area contributed by atoms with Crippen LogP contribution in [0.4, 0.5) is 0 Å². The second-order valence-electron chi connectivity index (χ2n) is 12.2. The Hall–Kier alpha value is -5.98. The Balaban J connectivity index is 1.33. The molecule has 0 nitrogen and oxygen atoms in total. The van der Waals surface area contributed by atoms with Crippen molar-refractivity contribution in [3.63, 3.8) is 0 Å². The summed E-state index contributed by atoms with van der Waals surface area (Å²) in [6.45, 7) is 0. The Morgan fingerprint density at radius 2 is 0.674 bits per heavy atom. The molecule has 0 heteroatoms. The highest BCUT2D eigenvalue weighted by atomic mass is 14.2. The topological polar surface area (TPSA) is 0 Å². The molecule has 0 bridgehead atoms. The summed E-state index contributed by atoms with van der Waals surface area (Å²) in [7, 11) is 0. The van der Waals surface area contributed by atoms with Crippen molar-refractivity contribution in [2.75, 3.05) is 0 Å². The maximum Gasteiger partial charge on any atom is -0.00928 e. The van der Waals surface area contributed by atoms with Crippen LogP contribution in [0.15, 0.2) is 182 Å². The predicted molar refractivity (Wildman–Crippen MR) is 198 cm³/mol. The fraction of sp³-hybridized carbons (Fsp3) is 0. The molecule has 0 saturated carbocycles. The molecule has 0 aromatic heterocycles. The van der Waals surface area contributed by atoms with Gasteiger partial charge in [-0.15, -0.1) is 0 Å². The van der Waals surface area contributed by atoms with Crippen LogP contribution in [0.3, 0.4) is 0 Å². The SMILES string of the molecule is c1ccc(-c2ccc3c(c2)cc(-c2ccc4ccccc4c2)c2cc(-c4cc5ccccc5cc4-c4ccccc4)ccc23)cc1. The van der Waals surface area contributed by atoms with E-state index in [0.29, 0.717) is 0 Å². The van der Waals surface area contributed by atoms with Crippen molar-refractivity contribution in [2.24, 2.45) is 0 Å². The average molecular weight is 583 g/mol. The highest BCUT2D eigenvalue weighted by Gasteiger charge is 2.15.